The van der Waals surface area contributed by atoms with Gasteiger partial charge in [-0.25, -0.2) is 4.98 Å². The standard InChI is InChI=1S/C18H26N4OS/c1-21(13-17-14-24-15-20-17)12-16-3-2-4-18(11-16)23-10-9-22-7-5-19-6-8-22/h2-4,11,14-15,19H,5-10,12-13H2,1H3. The van der Waals surface area contributed by atoms with Gasteiger partial charge >= 0.3 is 0 Å². The van der Waals surface area contributed by atoms with Crippen LogP contribution in [0.3, 0.4) is 0 Å². The molecular formula is C18H26N4OS. The molecule has 3 rings (SSSR count). The number of benzene rings is 1. The fourth-order valence-corrected chi connectivity index (χ4v) is 3.47. The SMILES string of the molecule is CN(Cc1cccc(OCCN2CCNCC2)c1)Cc1cscn1. The van der Waals surface area contributed by atoms with Crippen LogP contribution in [-0.4, -0.2) is 61.2 Å². The highest BCUT2D eigenvalue weighted by molar-refractivity contribution is 7.07. The zero-order valence-electron chi connectivity index (χ0n) is 14.3. The molecule has 1 aromatic carbocycles. The predicted octanol–water partition coefficient (Wildman–Crippen LogP) is 2.06. The van der Waals surface area contributed by atoms with Crippen LogP contribution in [-0.2, 0) is 13.1 Å². The Labute approximate surface area is 148 Å². The molecule has 2 heterocycles. The van der Waals surface area contributed by atoms with Crippen molar-refractivity contribution in [3.8, 4) is 5.75 Å². The number of hydrogen-bond donors (Lipinski definition) is 1. The lowest BCUT2D eigenvalue weighted by Crippen LogP contribution is -2.44. The highest BCUT2D eigenvalue weighted by Gasteiger charge is 2.09. The summed E-state index contributed by atoms with van der Waals surface area (Å²) in [7, 11) is 2.12. The van der Waals surface area contributed by atoms with Crippen LogP contribution in [0, 0.1) is 0 Å². The van der Waals surface area contributed by atoms with Crippen molar-refractivity contribution in [1.29, 1.82) is 0 Å². The summed E-state index contributed by atoms with van der Waals surface area (Å²) in [4.78, 5) is 9.06. The molecule has 1 saturated heterocycles. The molecule has 1 N–H and O–H groups in total. The van der Waals surface area contributed by atoms with E-state index in [1.807, 2.05) is 11.6 Å². The van der Waals surface area contributed by atoms with Crippen LogP contribution in [0.4, 0.5) is 0 Å². The molecule has 0 radical (unpaired) electrons. The molecule has 1 aliphatic heterocycles. The largest absolute Gasteiger partial charge is 0.492 e. The molecule has 0 amide bonds. The third-order valence-corrected chi connectivity index (χ3v) is 4.79. The van der Waals surface area contributed by atoms with Gasteiger partial charge in [0.15, 0.2) is 0 Å². The van der Waals surface area contributed by atoms with Gasteiger partial charge in [-0.05, 0) is 24.7 Å². The lowest BCUT2D eigenvalue weighted by molar-refractivity contribution is 0.191. The molecule has 0 aliphatic carbocycles. The maximum Gasteiger partial charge on any atom is 0.119 e. The summed E-state index contributed by atoms with van der Waals surface area (Å²) in [5.41, 5.74) is 4.29. The van der Waals surface area contributed by atoms with E-state index in [1.165, 1.54) is 5.56 Å². The molecule has 1 aromatic heterocycles. The van der Waals surface area contributed by atoms with Gasteiger partial charge in [0.2, 0.25) is 0 Å². The third kappa shape index (κ3) is 5.56. The van der Waals surface area contributed by atoms with E-state index in [1.54, 1.807) is 11.3 Å². The second kappa shape index (κ2) is 9.13. The zero-order chi connectivity index (χ0) is 16.6. The molecular weight excluding hydrogens is 320 g/mol. The van der Waals surface area contributed by atoms with Crippen molar-refractivity contribution in [2.24, 2.45) is 0 Å². The van der Waals surface area contributed by atoms with Crippen LogP contribution in [0.15, 0.2) is 35.2 Å². The van der Waals surface area contributed by atoms with Gasteiger partial charge < -0.3 is 10.1 Å². The van der Waals surface area contributed by atoms with Gasteiger partial charge in [0.25, 0.3) is 0 Å². The summed E-state index contributed by atoms with van der Waals surface area (Å²) in [6.07, 6.45) is 0. The van der Waals surface area contributed by atoms with E-state index in [0.717, 1.165) is 63.9 Å². The molecule has 0 atom stereocenters. The maximum atomic E-state index is 5.95. The van der Waals surface area contributed by atoms with Crippen LogP contribution in [0.25, 0.3) is 0 Å². The number of ether oxygens (including phenoxy) is 1. The first-order valence-corrected chi connectivity index (χ1v) is 9.44. The Morgan fingerprint density at radius 2 is 2.17 bits per heavy atom. The molecule has 130 valence electrons. The first-order valence-electron chi connectivity index (χ1n) is 8.50. The summed E-state index contributed by atoms with van der Waals surface area (Å²) >= 11 is 1.65. The van der Waals surface area contributed by atoms with Crippen LogP contribution >= 0.6 is 11.3 Å². The lowest BCUT2D eigenvalue weighted by atomic mass is 10.2. The highest BCUT2D eigenvalue weighted by Crippen LogP contribution is 2.15. The predicted molar refractivity (Wildman–Crippen MR) is 98.5 cm³/mol. The van der Waals surface area contributed by atoms with Crippen molar-refractivity contribution in [2.75, 3.05) is 46.4 Å². The summed E-state index contributed by atoms with van der Waals surface area (Å²) in [6, 6.07) is 8.42. The van der Waals surface area contributed by atoms with Crippen LogP contribution in [0.2, 0.25) is 0 Å². The summed E-state index contributed by atoms with van der Waals surface area (Å²) < 4.78 is 5.95. The zero-order valence-corrected chi connectivity index (χ0v) is 15.1. The minimum absolute atomic E-state index is 0.748. The number of aromatic nitrogens is 1. The molecule has 0 saturated carbocycles. The summed E-state index contributed by atoms with van der Waals surface area (Å²) in [5, 5.41) is 5.48. The number of hydrogen-bond acceptors (Lipinski definition) is 6. The van der Waals surface area contributed by atoms with Crippen molar-refractivity contribution in [1.82, 2.24) is 20.1 Å². The molecule has 0 bridgehead atoms. The van der Waals surface area contributed by atoms with E-state index >= 15 is 0 Å². The van der Waals surface area contributed by atoms with Crippen molar-refractivity contribution in [3.05, 3.63) is 46.4 Å². The smallest absolute Gasteiger partial charge is 0.119 e. The van der Waals surface area contributed by atoms with E-state index in [4.69, 9.17) is 4.74 Å². The number of nitrogens with one attached hydrogen (secondary N) is 1. The molecule has 1 fully saturated rings. The summed E-state index contributed by atoms with van der Waals surface area (Å²) in [6.45, 7) is 7.91. The minimum atomic E-state index is 0.748. The molecule has 1 aliphatic rings. The molecule has 6 heteroatoms. The Hall–Kier alpha value is -1.47. The van der Waals surface area contributed by atoms with Crippen LogP contribution in [0.5, 0.6) is 5.75 Å². The van der Waals surface area contributed by atoms with E-state index < -0.39 is 0 Å². The molecule has 5 nitrogen and oxygen atoms in total. The Bertz CT molecular complexity index is 599. The fraction of sp³-hybridized carbons (Fsp3) is 0.500. The van der Waals surface area contributed by atoms with E-state index in [0.29, 0.717) is 0 Å². The van der Waals surface area contributed by atoms with E-state index in [9.17, 15) is 0 Å². The number of nitrogens with zero attached hydrogens (tertiary/aromatic N) is 3. The number of piperazine rings is 1. The van der Waals surface area contributed by atoms with Crippen LogP contribution < -0.4 is 10.1 Å². The monoisotopic (exact) mass is 346 g/mol. The average Bonchev–Trinajstić information content (AvgIpc) is 3.09. The van der Waals surface area contributed by atoms with Crippen molar-refractivity contribution < 1.29 is 4.74 Å². The first kappa shape index (κ1) is 17.4. The quantitative estimate of drug-likeness (QED) is 0.792. The van der Waals surface area contributed by atoms with Gasteiger partial charge in [0.05, 0.1) is 11.2 Å². The van der Waals surface area contributed by atoms with Gasteiger partial charge in [0.1, 0.15) is 12.4 Å². The molecule has 2 aromatic rings. The molecule has 24 heavy (non-hydrogen) atoms. The van der Waals surface area contributed by atoms with Gasteiger partial charge in [-0.2, -0.15) is 0 Å². The lowest BCUT2D eigenvalue weighted by Gasteiger charge is -2.27. The van der Waals surface area contributed by atoms with E-state index in [2.05, 4.69) is 50.7 Å². The van der Waals surface area contributed by atoms with Crippen molar-refractivity contribution in [2.45, 2.75) is 13.1 Å². The Morgan fingerprint density at radius 1 is 1.29 bits per heavy atom. The van der Waals surface area contributed by atoms with E-state index in [-0.39, 0.29) is 0 Å². The normalized spacial score (nSPS) is 15.8. The molecule has 0 unspecified atom stereocenters. The first-order chi connectivity index (χ1) is 11.8. The second-order valence-corrected chi connectivity index (χ2v) is 6.96. The average molecular weight is 346 g/mol. The second-order valence-electron chi connectivity index (χ2n) is 6.24. The third-order valence-electron chi connectivity index (χ3n) is 4.15. The summed E-state index contributed by atoms with van der Waals surface area (Å²) in [5.74, 6) is 0.963. The van der Waals surface area contributed by atoms with Gasteiger partial charge in [0, 0.05) is 51.2 Å². The van der Waals surface area contributed by atoms with Gasteiger partial charge in [-0.15, -0.1) is 11.3 Å². The van der Waals surface area contributed by atoms with Gasteiger partial charge in [-0.1, -0.05) is 12.1 Å². The van der Waals surface area contributed by atoms with Gasteiger partial charge in [-0.3, -0.25) is 9.80 Å². The Balaban J connectivity index is 1.44. The van der Waals surface area contributed by atoms with Crippen LogP contribution in [0.1, 0.15) is 11.3 Å². The number of rotatable bonds is 8. The topological polar surface area (TPSA) is 40.6 Å². The molecule has 0 spiro atoms. The maximum absolute atomic E-state index is 5.95. The number of thiazole rings is 1. The Kier molecular flexibility index (Phi) is 6.60. The fourth-order valence-electron chi connectivity index (χ4n) is 2.92. The van der Waals surface area contributed by atoms with Crippen molar-refractivity contribution >= 4 is 11.3 Å². The Morgan fingerprint density at radius 3 is 2.96 bits per heavy atom. The highest BCUT2D eigenvalue weighted by atomic mass is 32.1. The minimum Gasteiger partial charge on any atom is -0.492 e. The van der Waals surface area contributed by atoms with Crippen molar-refractivity contribution in [3.63, 3.8) is 0 Å².